The number of aryl methyl sites for hydroxylation is 1. The maximum Gasteiger partial charge on any atom is 0.0508 e. The summed E-state index contributed by atoms with van der Waals surface area (Å²) in [5.41, 5.74) is 12.2. The van der Waals surface area contributed by atoms with E-state index in [1.54, 1.807) is 0 Å². The first kappa shape index (κ1) is 28.0. The van der Waals surface area contributed by atoms with Gasteiger partial charge in [0.05, 0.1) is 5.69 Å². The van der Waals surface area contributed by atoms with Crippen LogP contribution in [0.1, 0.15) is 36.6 Å². The molecule has 2 nitrogen and oxygen atoms in total. The molecule has 0 amide bonds. The molecule has 0 fully saturated rings. The highest BCUT2D eigenvalue weighted by molar-refractivity contribution is 6.21. The van der Waals surface area contributed by atoms with Crippen molar-refractivity contribution in [2.75, 3.05) is 6.54 Å². The van der Waals surface area contributed by atoms with Crippen LogP contribution in [-0.2, 0) is 0 Å². The van der Waals surface area contributed by atoms with Gasteiger partial charge in [-0.15, -0.1) is 0 Å². The summed E-state index contributed by atoms with van der Waals surface area (Å²) < 4.78 is 0. The number of dihydropyridines is 1. The number of benzene rings is 6. The van der Waals surface area contributed by atoms with Gasteiger partial charge in [0.1, 0.15) is 0 Å². The van der Waals surface area contributed by atoms with E-state index in [4.69, 9.17) is 4.98 Å². The van der Waals surface area contributed by atoms with Gasteiger partial charge in [0.15, 0.2) is 0 Å². The van der Waals surface area contributed by atoms with Crippen LogP contribution in [0.2, 0.25) is 0 Å². The average Bonchev–Trinajstić information content (AvgIpc) is 3.10. The summed E-state index contributed by atoms with van der Waals surface area (Å²) in [5.74, 6) is 0.341. The van der Waals surface area contributed by atoms with Gasteiger partial charge in [0, 0.05) is 30.1 Å². The van der Waals surface area contributed by atoms with Crippen molar-refractivity contribution in [1.29, 1.82) is 0 Å². The third kappa shape index (κ3) is 4.87. The Morgan fingerprint density at radius 3 is 1.80 bits per heavy atom. The van der Waals surface area contributed by atoms with Gasteiger partial charge in [-0.2, -0.15) is 0 Å². The summed E-state index contributed by atoms with van der Waals surface area (Å²) in [4.78, 5) is 4.95. The van der Waals surface area contributed by atoms with Crippen molar-refractivity contribution in [2.45, 2.75) is 26.7 Å². The zero-order valence-electron chi connectivity index (χ0n) is 26.5. The molecule has 1 aliphatic heterocycles. The van der Waals surface area contributed by atoms with Gasteiger partial charge in [-0.25, -0.2) is 0 Å². The maximum absolute atomic E-state index is 4.95. The van der Waals surface area contributed by atoms with Crippen molar-refractivity contribution < 1.29 is 0 Å². The van der Waals surface area contributed by atoms with E-state index in [-0.39, 0.29) is 0 Å². The molecule has 0 atom stereocenters. The molecule has 2 heterocycles. The highest BCUT2D eigenvalue weighted by atomic mass is 14.8. The molecule has 7 aromatic rings. The van der Waals surface area contributed by atoms with Crippen LogP contribution in [-0.4, -0.2) is 11.5 Å². The summed E-state index contributed by atoms with van der Waals surface area (Å²) >= 11 is 0. The van der Waals surface area contributed by atoms with Crippen molar-refractivity contribution in [3.63, 3.8) is 0 Å². The maximum atomic E-state index is 4.95. The van der Waals surface area contributed by atoms with E-state index in [0.29, 0.717) is 5.92 Å². The normalized spacial score (nSPS) is 13.0. The topological polar surface area (TPSA) is 24.9 Å². The van der Waals surface area contributed by atoms with Crippen molar-refractivity contribution in [3.8, 4) is 33.4 Å². The second-order valence-electron chi connectivity index (χ2n) is 12.7. The molecule has 0 saturated heterocycles. The van der Waals surface area contributed by atoms with Crippen molar-refractivity contribution in [2.24, 2.45) is 0 Å². The van der Waals surface area contributed by atoms with E-state index in [0.717, 1.165) is 17.8 Å². The first-order valence-corrected chi connectivity index (χ1v) is 16.2. The Balaban J connectivity index is 1.27. The predicted molar refractivity (Wildman–Crippen MR) is 197 cm³/mol. The Morgan fingerprint density at radius 1 is 0.609 bits per heavy atom. The molecule has 1 N–H and O–H groups in total. The van der Waals surface area contributed by atoms with Gasteiger partial charge in [-0.1, -0.05) is 129 Å². The first-order chi connectivity index (χ1) is 22.5. The van der Waals surface area contributed by atoms with Crippen LogP contribution in [0.25, 0.3) is 71.3 Å². The molecule has 0 unspecified atom stereocenters. The van der Waals surface area contributed by atoms with E-state index in [9.17, 15) is 0 Å². The molecule has 6 aromatic carbocycles. The fourth-order valence-electron chi connectivity index (χ4n) is 7.09. The third-order valence-corrected chi connectivity index (χ3v) is 9.27. The molecule has 222 valence electrons. The predicted octanol–water partition coefficient (Wildman–Crippen LogP) is 11.5. The molecule has 8 rings (SSSR count). The Morgan fingerprint density at radius 2 is 1.22 bits per heavy atom. The smallest absolute Gasteiger partial charge is 0.0508 e. The summed E-state index contributed by atoms with van der Waals surface area (Å²) in [6, 6.07) is 42.7. The Kier molecular flexibility index (Phi) is 6.99. The summed E-state index contributed by atoms with van der Waals surface area (Å²) in [6.45, 7) is 7.45. The standard InChI is InChI=1S/C44H36N2/c1-28(2)44-41(35-12-9-21-45-26-35)25-36(27-46-44)32-18-17-31-24-34(20-19-30(31)23-32)43-39-15-6-4-13-37(39)42(33-11-8-10-29(3)22-33)38-14-5-7-16-40(38)43/h4-20,22-28,45H,21H2,1-3H3. The number of hydrogen-bond donors (Lipinski definition) is 1. The summed E-state index contributed by atoms with van der Waals surface area (Å²) in [5, 5.41) is 10.9. The first-order valence-electron chi connectivity index (χ1n) is 16.2. The lowest BCUT2D eigenvalue weighted by molar-refractivity contribution is 0.818. The van der Waals surface area contributed by atoms with Crippen molar-refractivity contribution in [1.82, 2.24) is 10.3 Å². The third-order valence-electron chi connectivity index (χ3n) is 9.27. The number of aromatic nitrogens is 1. The lowest BCUT2D eigenvalue weighted by Crippen LogP contribution is -2.10. The molecule has 0 aliphatic carbocycles. The van der Waals surface area contributed by atoms with Crippen LogP contribution in [0.4, 0.5) is 0 Å². The van der Waals surface area contributed by atoms with Crippen LogP contribution < -0.4 is 5.32 Å². The zero-order valence-corrected chi connectivity index (χ0v) is 26.5. The van der Waals surface area contributed by atoms with E-state index in [2.05, 4.69) is 160 Å². The van der Waals surface area contributed by atoms with Crippen molar-refractivity contribution in [3.05, 3.63) is 157 Å². The van der Waals surface area contributed by atoms with Crippen LogP contribution in [0.3, 0.4) is 0 Å². The SMILES string of the molecule is Cc1cccc(-c2c3ccccc3c(-c3ccc4cc(-c5cnc(C(C)C)c(C6=CNCC=C6)c5)ccc4c3)c3ccccc23)c1. The highest BCUT2D eigenvalue weighted by Gasteiger charge is 2.18. The fraction of sp³-hybridized carbons (Fsp3) is 0.114. The Labute approximate surface area is 270 Å². The van der Waals surface area contributed by atoms with Gasteiger partial charge in [-0.05, 0) is 96.7 Å². The van der Waals surface area contributed by atoms with E-state index in [1.807, 2.05) is 6.20 Å². The Hall–Kier alpha value is -5.47. The number of fused-ring (bicyclic) bond motifs is 3. The fourth-order valence-corrected chi connectivity index (χ4v) is 7.09. The molecular weight excluding hydrogens is 556 g/mol. The van der Waals surface area contributed by atoms with Crippen LogP contribution in [0, 0.1) is 6.92 Å². The van der Waals surface area contributed by atoms with Crippen LogP contribution in [0.5, 0.6) is 0 Å². The number of pyridine rings is 1. The van der Waals surface area contributed by atoms with Gasteiger partial charge < -0.3 is 5.32 Å². The molecule has 1 aliphatic rings. The zero-order chi connectivity index (χ0) is 31.2. The lowest BCUT2D eigenvalue weighted by atomic mass is 9.85. The van der Waals surface area contributed by atoms with Crippen LogP contribution >= 0.6 is 0 Å². The van der Waals surface area contributed by atoms with Gasteiger partial charge in [0.25, 0.3) is 0 Å². The largest absolute Gasteiger partial charge is 0.387 e. The monoisotopic (exact) mass is 592 g/mol. The second kappa shape index (κ2) is 11.5. The van der Waals surface area contributed by atoms with Crippen LogP contribution in [0.15, 0.2) is 140 Å². The highest BCUT2D eigenvalue weighted by Crippen LogP contribution is 2.44. The molecule has 2 heteroatoms. The number of nitrogens with zero attached hydrogens (tertiary/aromatic N) is 1. The van der Waals surface area contributed by atoms with E-state index < -0.39 is 0 Å². The number of allylic oxidation sites excluding steroid dienone is 2. The number of nitrogens with one attached hydrogen (secondary N) is 1. The number of rotatable bonds is 5. The molecule has 0 radical (unpaired) electrons. The minimum absolute atomic E-state index is 0.341. The van der Waals surface area contributed by atoms with Crippen molar-refractivity contribution >= 4 is 37.9 Å². The minimum Gasteiger partial charge on any atom is -0.387 e. The summed E-state index contributed by atoms with van der Waals surface area (Å²) in [7, 11) is 0. The molecule has 0 spiro atoms. The molecule has 0 bridgehead atoms. The molecule has 0 saturated carbocycles. The molecule has 46 heavy (non-hydrogen) atoms. The number of hydrogen-bond acceptors (Lipinski definition) is 2. The average molecular weight is 593 g/mol. The Bertz CT molecular complexity index is 2300. The lowest BCUT2D eigenvalue weighted by Gasteiger charge is -2.18. The molecule has 1 aromatic heterocycles. The van der Waals surface area contributed by atoms with Gasteiger partial charge >= 0.3 is 0 Å². The van der Waals surface area contributed by atoms with Gasteiger partial charge in [0.2, 0.25) is 0 Å². The summed E-state index contributed by atoms with van der Waals surface area (Å²) in [6.07, 6.45) is 8.51. The molecular formula is C44H36N2. The quantitative estimate of drug-likeness (QED) is 0.201. The van der Waals surface area contributed by atoms with E-state index >= 15 is 0 Å². The van der Waals surface area contributed by atoms with E-state index in [1.165, 1.54) is 76.8 Å². The minimum atomic E-state index is 0.341. The second-order valence-corrected chi connectivity index (χ2v) is 12.7. The van der Waals surface area contributed by atoms with Gasteiger partial charge in [-0.3, -0.25) is 4.98 Å².